The van der Waals surface area contributed by atoms with E-state index in [-0.39, 0.29) is 29.1 Å². The highest BCUT2D eigenvalue weighted by atomic mass is 35.5. The number of nitrogen functional groups attached to an aromatic ring is 1. The number of benzene rings is 1. The van der Waals surface area contributed by atoms with Crippen LogP contribution in [-0.4, -0.2) is 63.0 Å². The molecule has 2 rings (SSSR count). The second-order valence-corrected chi connectivity index (χ2v) is 6.46. The first-order valence-electron chi connectivity index (χ1n) is 8.08. The number of anilines is 1. The van der Waals surface area contributed by atoms with Crippen molar-refractivity contribution in [3.8, 4) is 5.75 Å². The summed E-state index contributed by atoms with van der Waals surface area (Å²) in [6.07, 6.45) is 1.32. The van der Waals surface area contributed by atoms with Gasteiger partial charge < -0.3 is 25.3 Å². The van der Waals surface area contributed by atoms with E-state index in [1.165, 1.54) is 26.4 Å². The molecule has 142 valence electrons. The second kappa shape index (κ2) is 8.86. The number of carbonyl (C=O) groups excluding carboxylic acids is 3. The van der Waals surface area contributed by atoms with Gasteiger partial charge in [0.1, 0.15) is 12.0 Å². The smallest absolute Gasteiger partial charge is 0.319 e. The summed E-state index contributed by atoms with van der Waals surface area (Å²) in [5.41, 5.74) is 6.28. The molecule has 0 spiro atoms. The minimum atomic E-state index is -0.437. The molecule has 0 unspecified atom stereocenters. The van der Waals surface area contributed by atoms with Crippen molar-refractivity contribution in [1.29, 1.82) is 0 Å². The molecule has 1 aromatic rings. The number of hydrogen-bond donors (Lipinski definition) is 2. The maximum Gasteiger partial charge on any atom is 0.319 e. The number of esters is 1. The lowest BCUT2D eigenvalue weighted by Gasteiger charge is -2.35. The number of amides is 1. The van der Waals surface area contributed by atoms with Crippen molar-refractivity contribution in [3.05, 3.63) is 22.7 Å². The molecule has 0 radical (unpaired) electrons. The summed E-state index contributed by atoms with van der Waals surface area (Å²) in [5.74, 6) is -0.900. The number of carbonyl (C=O) groups is 3. The third-order valence-corrected chi connectivity index (χ3v) is 4.70. The first kappa shape index (κ1) is 20.0. The lowest BCUT2D eigenvalue weighted by molar-refractivity contribution is -0.142. The maximum atomic E-state index is 12.6. The molecule has 1 aromatic carbocycles. The SMILES string of the molecule is COC(=O)CN1CC[C@@H](NC(=O)c2cc(Cl)c(N)cc2OC)[C@@H](C=O)C1. The number of rotatable bonds is 6. The predicted molar refractivity (Wildman–Crippen MR) is 96.3 cm³/mol. The first-order chi connectivity index (χ1) is 12.4. The summed E-state index contributed by atoms with van der Waals surface area (Å²) in [6, 6.07) is 2.57. The molecule has 8 nitrogen and oxygen atoms in total. The Morgan fingerprint density at radius 1 is 1.42 bits per heavy atom. The van der Waals surface area contributed by atoms with E-state index < -0.39 is 11.8 Å². The molecule has 2 atom stereocenters. The molecule has 0 bridgehead atoms. The fourth-order valence-electron chi connectivity index (χ4n) is 2.92. The predicted octanol–water partition coefficient (Wildman–Crippen LogP) is 0.723. The van der Waals surface area contributed by atoms with E-state index in [1.807, 2.05) is 4.90 Å². The minimum absolute atomic E-state index is 0.114. The lowest BCUT2D eigenvalue weighted by Crippen LogP contribution is -2.52. The lowest BCUT2D eigenvalue weighted by atomic mass is 9.93. The Balaban J connectivity index is 2.08. The fourth-order valence-corrected chi connectivity index (χ4v) is 3.09. The zero-order valence-electron chi connectivity index (χ0n) is 14.7. The molecular formula is C17H22ClN3O5. The molecule has 26 heavy (non-hydrogen) atoms. The molecule has 0 aliphatic carbocycles. The van der Waals surface area contributed by atoms with Crippen LogP contribution in [0.15, 0.2) is 12.1 Å². The van der Waals surface area contributed by atoms with Gasteiger partial charge in [-0.3, -0.25) is 14.5 Å². The molecule has 1 amide bonds. The number of aldehydes is 1. The van der Waals surface area contributed by atoms with Gasteiger partial charge in [-0.1, -0.05) is 11.6 Å². The van der Waals surface area contributed by atoms with E-state index in [4.69, 9.17) is 22.1 Å². The average molecular weight is 384 g/mol. The molecule has 3 N–H and O–H groups in total. The van der Waals surface area contributed by atoms with E-state index in [1.54, 1.807) is 0 Å². The Kier molecular flexibility index (Phi) is 6.82. The summed E-state index contributed by atoms with van der Waals surface area (Å²) in [5, 5.41) is 3.10. The van der Waals surface area contributed by atoms with Crippen LogP contribution in [0.5, 0.6) is 5.75 Å². The molecule has 1 aliphatic heterocycles. The zero-order chi connectivity index (χ0) is 19.3. The van der Waals surface area contributed by atoms with Gasteiger partial charge in [-0.2, -0.15) is 0 Å². The van der Waals surface area contributed by atoms with Crippen molar-refractivity contribution < 1.29 is 23.9 Å². The Bertz CT molecular complexity index is 697. The summed E-state index contributed by atoms with van der Waals surface area (Å²) < 4.78 is 9.83. The highest BCUT2D eigenvalue weighted by Gasteiger charge is 2.31. The number of likely N-dealkylation sites (tertiary alicyclic amines) is 1. The fraction of sp³-hybridized carbons (Fsp3) is 0.471. The monoisotopic (exact) mass is 383 g/mol. The van der Waals surface area contributed by atoms with Gasteiger partial charge in [0.15, 0.2) is 0 Å². The van der Waals surface area contributed by atoms with Crippen LogP contribution in [0.25, 0.3) is 0 Å². The van der Waals surface area contributed by atoms with E-state index in [0.29, 0.717) is 30.9 Å². The summed E-state index contributed by atoms with van der Waals surface area (Å²) in [6.45, 7) is 1.04. The van der Waals surface area contributed by atoms with Gasteiger partial charge in [0.05, 0.1) is 37.0 Å². The topological polar surface area (TPSA) is 111 Å². The number of nitrogens with two attached hydrogens (primary N) is 1. The van der Waals surface area contributed by atoms with Crippen LogP contribution in [-0.2, 0) is 14.3 Å². The average Bonchev–Trinajstić information content (AvgIpc) is 2.64. The number of piperidine rings is 1. The van der Waals surface area contributed by atoms with Gasteiger partial charge in [0.25, 0.3) is 5.91 Å². The van der Waals surface area contributed by atoms with Gasteiger partial charge in [0.2, 0.25) is 0 Å². The van der Waals surface area contributed by atoms with Crippen LogP contribution in [0.2, 0.25) is 5.02 Å². The van der Waals surface area contributed by atoms with Crippen molar-refractivity contribution in [3.63, 3.8) is 0 Å². The van der Waals surface area contributed by atoms with Gasteiger partial charge in [-0.25, -0.2) is 0 Å². The van der Waals surface area contributed by atoms with E-state index in [2.05, 4.69) is 10.1 Å². The molecule has 1 fully saturated rings. The van der Waals surface area contributed by atoms with Crippen LogP contribution in [0.3, 0.4) is 0 Å². The molecular weight excluding hydrogens is 362 g/mol. The van der Waals surface area contributed by atoms with Crippen LogP contribution in [0.4, 0.5) is 5.69 Å². The highest BCUT2D eigenvalue weighted by molar-refractivity contribution is 6.33. The molecule has 0 aromatic heterocycles. The molecule has 1 heterocycles. The summed E-state index contributed by atoms with van der Waals surface area (Å²) in [7, 11) is 2.75. The van der Waals surface area contributed by atoms with E-state index in [9.17, 15) is 14.4 Å². The van der Waals surface area contributed by atoms with E-state index in [0.717, 1.165) is 6.29 Å². The Labute approximate surface area is 156 Å². The maximum absolute atomic E-state index is 12.6. The van der Waals surface area contributed by atoms with Crippen LogP contribution in [0.1, 0.15) is 16.8 Å². The number of nitrogens with one attached hydrogen (secondary N) is 1. The Hall–Kier alpha value is -2.32. The van der Waals surface area contributed by atoms with Gasteiger partial charge >= 0.3 is 5.97 Å². The quantitative estimate of drug-likeness (QED) is 0.423. The van der Waals surface area contributed by atoms with Crippen LogP contribution >= 0.6 is 11.6 Å². The summed E-state index contributed by atoms with van der Waals surface area (Å²) in [4.78, 5) is 37.3. The van der Waals surface area contributed by atoms with Crippen molar-refractivity contribution in [1.82, 2.24) is 10.2 Å². The molecule has 9 heteroatoms. The van der Waals surface area contributed by atoms with Gasteiger partial charge in [0, 0.05) is 31.1 Å². The Morgan fingerprint density at radius 3 is 2.77 bits per heavy atom. The molecule has 0 saturated carbocycles. The van der Waals surface area contributed by atoms with Gasteiger partial charge in [-0.05, 0) is 12.5 Å². The van der Waals surface area contributed by atoms with Crippen LogP contribution < -0.4 is 15.8 Å². The summed E-state index contributed by atoms with van der Waals surface area (Å²) >= 11 is 6.00. The van der Waals surface area contributed by atoms with Crippen LogP contribution in [0, 0.1) is 5.92 Å². The van der Waals surface area contributed by atoms with Crippen molar-refractivity contribution in [2.24, 2.45) is 5.92 Å². The van der Waals surface area contributed by atoms with Crippen molar-refractivity contribution in [2.75, 3.05) is 39.6 Å². The number of nitrogens with zero attached hydrogens (tertiary/aromatic N) is 1. The highest BCUT2D eigenvalue weighted by Crippen LogP contribution is 2.29. The zero-order valence-corrected chi connectivity index (χ0v) is 15.4. The van der Waals surface area contributed by atoms with Crippen molar-refractivity contribution >= 4 is 35.5 Å². The number of methoxy groups -OCH3 is 2. The van der Waals surface area contributed by atoms with Crippen molar-refractivity contribution in [2.45, 2.75) is 12.5 Å². The third kappa shape index (κ3) is 4.64. The Morgan fingerprint density at radius 2 is 2.15 bits per heavy atom. The first-order valence-corrected chi connectivity index (χ1v) is 8.45. The second-order valence-electron chi connectivity index (χ2n) is 6.05. The standard InChI is InChI=1S/C17H22ClN3O5/c1-25-15-6-13(19)12(18)5-11(15)17(24)20-14-3-4-21(7-10(14)9-22)8-16(23)26-2/h5-6,9-10,14H,3-4,7-8,19H2,1-2H3,(H,20,24)/t10-,14-/m1/s1. The number of hydrogen-bond acceptors (Lipinski definition) is 7. The number of halogens is 1. The largest absolute Gasteiger partial charge is 0.496 e. The normalized spacial score (nSPS) is 20.3. The molecule has 1 saturated heterocycles. The third-order valence-electron chi connectivity index (χ3n) is 4.38. The number of ether oxygens (including phenoxy) is 2. The molecule has 1 aliphatic rings. The van der Waals surface area contributed by atoms with Gasteiger partial charge in [-0.15, -0.1) is 0 Å². The van der Waals surface area contributed by atoms with E-state index >= 15 is 0 Å². The minimum Gasteiger partial charge on any atom is -0.496 e.